The molecule has 1 unspecified atom stereocenters. The second kappa shape index (κ2) is 5.78. The van der Waals surface area contributed by atoms with Gasteiger partial charge in [0.15, 0.2) is 0 Å². The fourth-order valence-corrected chi connectivity index (χ4v) is 3.83. The van der Waals surface area contributed by atoms with Crippen molar-refractivity contribution in [2.75, 3.05) is 13.1 Å². The quantitative estimate of drug-likeness (QED) is 0.810. The topological polar surface area (TPSA) is 46.3 Å². The van der Waals surface area contributed by atoms with E-state index in [1.165, 1.54) is 6.42 Å². The standard InChI is InChI=1S/C15H26N2OS/c1-11(2)12-6-9-17(10-12)14(18)15(13(16)19)7-4-3-5-8-15/h11-12H,3-10H2,1-2H3,(H2,16,19). The molecule has 0 spiro atoms. The van der Waals surface area contributed by atoms with Crippen LogP contribution in [-0.4, -0.2) is 28.9 Å². The molecule has 19 heavy (non-hydrogen) atoms. The number of rotatable bonds is 3. The van der Waals surface area contributed by atoms with E-state index >= 15 is 0 Å². The van der Waals surface area contributed by atoms with Crippen LogP contribution >= 0.6 is 12.2 Å². The van der Waals surface area contributed by atoms with Crippen LogP contribution < -0.4 is 5.73 Å². The lowest BCUT2D eigenvalue weighted by molar-refractivity contribution is -0.138. The summed E-state index contributed by atoms with van der Waals surface area (Å²) in [5.41, 5.74) is 5.42. The summed E-state index contributed by atoms with van der Waals surface area (Å²) in [4.78, 5) is 15.3. The Bertz CT molecular complexity index is 361. The molecular formula is C15H26N2OS. The van der Waals surface area contributed by atoms with Gasteiger partial charge in [-0.3, -0.25) is 4.79 Å². The third kappa shape index (κ3) is 2.78. The van der Waals surface area contributed by atoms with E-state index in [-0.39, 0.29) is 5.91 Å². The molecule has 1 atom stereocenters. The van der Waals surface area contributed by atoms with E-state index in [9.17, 15) is 4.79 Å². The van der Waals surface area contributed by atoms with Crippen molar-refractivity contribution in [2.45, 2.75) is 52.4 Å². The van der Waals surface area contributed by atoms with Crippen LogP contribution in [0.2, 0.25) is 0 Å². The molecule has 0 aromatic rings. The summed E-state index contributed by atoms with van der Waals surface area (Å²) in [6.45, 7) is 6.25. The Hall–Kier alpha value is -0.640. The number of nitrogens with zero attached hydrogens (tertiary/aromatic N) is 1. The molecule has 1 amide bonds. The van der Waals surface area contributed by atoms with Crippen molar-refractivity contribution in [3.8, 4) is 0 Å². The van der Waals surface area contributed by atoms with Crippen LogP contribution in [0.15, 0.2) is 0 Å². The van der Waals surface area contributed by atoms with Gasteiger partial charge in [0.05, 0.1) is 10.4 Å². The maximum atomic E-state index is 12.9. The van der Waals surface area contributed by atoms with Crippen LogP contribution in [-0.2, 0) is 4.79 Å². The van der Waals surface area contributed by atoms with Crippen molar-refractivity contribution in [1.82, 2.24) is 4.90 Å². The van der Waals surface area contributed by atoms with Gasteiger partial charge in [-0.25, -0.2) is 0 Å². The van der Waals surface area contributed by atoms with Crippen molar-refractivity contribution in [3.05, 3.63) is 0 Å². The predicted molar refractivity (Wildman–Crippen MR) is 81.8 cm³/mol. The van der Waals surface area contributed by atoms with E-state index in [2.05, 4.69) is 13.8 Å². The molecule has 108 valence electrons. The Labute approximate surface area is 121 Å². The van der Waals surface area contributed by atoms with Crippen molar-refractivity contribution in [2.24, 2.45) is 23.0 Å². The third-order valence-corrected chi connectivity index (χ3v) is 5.43. The first-order valence-electron chi connectivity index (χ1n) is 7.56. The molecule has 0 aromatic carbocycles. The molecule has 3 nitrogen and oxygen atoms in total. The Morgan fingerprint density at radius 2 is 1.95 bits per heavy atom. The lowest BCUT2D eigenvalue weighted by Crippen LogP contribution is -2.51. The van der Waals surface area contributed by atoms with Gasteiger partial charge in [0.25, 0.3) is 0 Å². The van der Waals surface area contributed by atoms with Crippen LogP contribution in [0.4, 0.5) is 0 Å². The minimum Gasteiger partial charge on any atom is -0.392 e. The Kier molecular flexibility index (Phi) is 4.49. The van der Waals surface area contributed by atoms with Gasteiger partial charge in [-0.15, -0.1) is 0 Å². The number of hydrogen-bond acceptors (Lipinski definition) is 2. The average molecular weight is 282 g/mol. The Balaban J connectivity index is 2.11. The number of thiocarbonyl (C=S) groups is 1. The maximum Gasteiger partial charge on any atom is 0.235 e. The second-order valence-corrected chi connectivity index (χ2v) is 6.99. The van der Waals surface area contributed by atoms with Gasteiger partial charge >= 0.3 is 0 Å². The molecule has 1 aliphatic heterocycles. The summed E-state index contributed by atoms with van der Waals surface area (Å²) < 4.78 is 0. The SMILES string of the molecule is CC(C)C1CCN(C(=O)C2(C(N)=S)CCCCC2)C1. The number of likely N-dealkylation sites (tertiary alicyclic amines) is 1. The lowest BCUT2D eigenvalue weighted by Gasteiger charge is -2.38. The summed E-state index contributed by atoms with van der Waals surface area (Å²) in [6.07, 6.45) is 6.17. The average Bonchev–Trinajstić information content (AvgIpc) is 2.88. The smallest absolute Gasteiger partial charge is 0.235 e. The summed E-state index contributed by atoms with van der Waals surface area (Å²) in [5, 5.41) is 0. The Morgan fingerprint density at radius 3 is 2.42 bits per heavy atom. The molecule has 4 heteroatoms. The first kappa shape index (κ1) is 14.8. The van der Waals surface area contributed by atoms with Gasteiger partial charge in [-0.1, -0.05) is 45.3 Å². The van der Waals surface area contributed by atoms with Gasteiger partial charge < -0.3 is 10.6 Å². The first-order valence-corrected chi connectivity index (χ1v) is 7.97. The van der Waals surface area contributed by atoms with Crippen LogP contribution in [0.3, 0.4) is 0 Å². The van der Waals surface area contributed by atoms with Gasteiger partial charge in [0, 0.05) is 13.1 Å². The minimum atomic E-state index is -0.528. The molecule has 0 bridgehead atoms. The molecule has 2 N–H and O–H groups in total. The van der Waals surface area contributed by atoms with E-state index in [1.54, 1.807) is 0 Å². The molecule has 1 heterocycles. The highest BCUT2D eigenvalue weighted by atomic mass is 32.1. The molecule has 0 radical (unpaired) electrons. The van der Waals surface area contributed by atoms with E-state index in [1.807, 2.05) is 4.90 Å². The zero-order valence-corrected chi connectivity index (χ0v) is 13.0. The summed E-state index contributed by atoms with van der Waals surface area (Å²) in [5.74, 6) is 1.49. The zero-order chi connectivity index (χ0) is 14.0. The maximum absolute atomic E-state index is 12.9. The van der Waals surface area contributed by atoms with Crippen molar-refractivity contribution >= 4 is 23.1 Å². The van der Waals surface area contributed by atoms with Crippen LogP contribution in [0, 0.1) is 17.3 Å². The molecule has 2 aliphatic rings. The first-order chi connectivity index (χ1) is 8.97. The number of carbonyl (C=O) groups is 1. The summed E-state index contributed by atoms with van der Waals surface area (Å²) in [6, 6.07) is 0. The molecule has 1 aliphatic carbocycles. The normalized spacial score (nSPS) is 26.7. The van der Waals surface area contributed by atoms with E-state index in [4.69, 9.17) is 18.0 Å². The molecule has 2 fully saturated rings. The van der Waals surface area contributed by atoms with E-state index in [0.717, 1.165) is 45.2 Å². The fourth-order valence-electron chi connectivity index (χ4n) is 3.54. The second-order valence-electron chi connectivity index (χ2n) is 6.55. The zero-order valence-electron chi connectivity index (χ0n) is 12.2. The monoisotopic (exact) mass is 282 g/mol. The predicted octanol–water partition coefficient (Wildman–Crippen LogP) is 2.73. The van der Waals surface area contributed by atoms with Crippen molar-refractivity contribution in [1.29, 1.82) is 0 Å². The van der Waals surface area contributed by atoms with Gasteiger partial charge in [0.2, 0.25) is 5.91 Å². The molecule has 2 rings (SSSR count). The Morgan fingerprint density at radius 1 is 1.32 bits per heavy atom. The summed E-state index contributed by atoms with van der Waals surface area (Å²) >= 11 is 5.25. The van der Waals surface area contributed by atoms with Crippen LogP contribution in [0.25, 0.3) is 0 Å². The van der Waals surface area contributed by atoms with Gasteiger partial charge in [-0.05, 0) is 31.1 Å². The molecule has 0 aromatic heterocycles. The summed E-state index contributed by atoms with van der Waals surface area (Å²) in [7, 11) is 0. The molecule has 1 saturated heterocycles. The fraction of sp³-hybridized carbons (Fsp3) is 0.867. The van der Waals surface area contributed by atoms with Crippen molar-refractivity contribution in [3.63, 3.8) is 0 Å². The van der Waals surface area contributed by atoms with E-state index < -0.39 is 5.41 Å². The lowest BCUT2D eigenvalue weighted by atomic mass is 9.73. The highest BCUT2D eigenvalue weighted by Gasteiger charge is 2.46. The highest BCUT2D eigenvalue weighted by molar-refractivity contribution is 7.80. The number of nitrogens with two attached hydrogens (primary N) is 1. The van der Waals surface area contributed by atoms with Crippen LogP contribution in [0.5, 0.6) is 0 Å². The number of amides is 1. The molecular weight excluding hydrogens is 256 g/mol. The minimum absolute atomic E-state index is 0.211. The molecule has 1 saturated carbocycles. The number of hydrogen-bond donors (Lipinski definition) is 1. The van der Waals surface area contributed by atoms with Gasteiger partial charge in [0.1, 0.15) is 0 Å². The van der Waals surface area contributed by atoms with Crippen molar-refractivity contribution < 1.29 is 4.79 Å². The van der Waals surface area contributed by atoms with E-state index in [0.29, 0.717) is 16.8 Å². The van der Waals surface area contributed by atoms with Crippen LogP contribution in [0.1, 0.15) is 52.4 Å². The largest absolute Gasteiger partial charge is 0.392 e. The van der Waals surface area contributed by atoms with Gasteiger partial charge in [-0.2, -0.15) is 0 Å². The highest BCUT2D eigenvalue weighted by Crippen LogP contribution is 2.40. The number of carbonyl (C=O) groups excluding carboxylic acids is 1. The third-order valence-electron chi connectivity index (χ3n) is 5.04.